The van der Waals surface area contributed by atoms with E-state index in [1.54, 1.807) is 32.6 Å². The normalized spacial score (nSPS) is 21.8. The van der Waals surface area contributed by atoms with Crippen molar-refractivity contribution in [2.75, 3.05) is 6.54 Å². The zero-order valence-electron chi connectivity index (χ0n) is 14.6. The van der Waals surface area contributed by atoms with Gasteiger partial charge in [0.05, 0.1) is 11.6 Å². The number of ether oxygens (including phenoxy) is 2. The van der Waals surface area contributed by atoms with Crippen molar-refractivity contribution in [1.82, 2.24) is 14.9 Å². The molecule has 2 atom stereocenters. The first kappa shape index (κ1) is 19.3. The SMILES string of the molecule is C[C@H]1[C@H](Oc2ncc(C(F)(F)F)cn2)CCCN1C(=O)OC(C)(C)C. The van der Waals surface area contributed by atoms with Crippen LogP contribution < -0.4 is 4.74 Å². The van der Waals surface area contributed by atoms with Crippen LogP contribution in [0.2, 0.25) is 0 Å². The van der Waals surface area contributed by atoms with Gasteiger partial charge in [-0.3, -0.25) is 0 Å². The number of nitrogens with zero attached hydrogens (tertiary/aromatic N) is 3. The summed E-state index contributed by atoms with van der Waals surface area (Å²) in [7, 11) is 0. The Bertz CT molecular complexity index is 599. The van der Waals surface area contributed by atoms with E-state index in [1.165, 1.54) is 0 Å². The molecular formula is C16H22F3N3O3. The molecule has 0 aromatic carbocycles. The van der Waals surface area contributed by atoms with Gasteiger partial charge in [-0.25, -0.2) is 14.8 Å². The number of hydrogen-bond donors (Lipinski definition) is 0. The van der Waals surface area contributed by atoms with E-state index in [1.807, 2.05) is 0 Å². The van der Waals surface area contributed by atoms with Gasteiger partial charge in [0.1, 0.15) is 11.7 Å². The van der Waals surface area contributed by atoms with E-state index in [4.69, 9.17) is 9.47 Å². The molecule has 1 aliphatic rings. The highest BCUT2D eigenvalue weighted by molar-refractivity contribution is 5.68. The van der Waals surface area contributed by atoms with E-state index in [9.17, 15) is 18.0 Å². The molecule has 2 rings (SSSR count). The average molecular weight is 361 g/mol. The second-order valence-corrected chi connectivity index (χ2v) is 6.96. The molecule has 0 aliphatic carbocycles. The summed E-state index contributed by atoms with van der Waals surface area (Å²) in [6.07, 6.45) is -2.66. The fraction of sp³-hybridized carbons (Fsp3) is 0.688. The summed E-state index contributed by atoms with van der Waals surface area (Å²) in [5.41, 5.74) is -1.55. The molecule has 1 aromatic heterocycles. The Hall–Kier alpha value is -2.06. The van der Waals surface area contributed by atoms with Crippen LogP contribution in [0.5, 0.6) is 6.01 Å². The Kier molecular flexibility index (Phi) is 5.43. The van der Waals surface area contributed by atoms with Gasteiger partial charge in [0, 0.05) is 18.9 Å². The summed E-state index contributed by atoms with van der Waals surface area (Å²) in [6, 6.07) is -0.453. The van der Waals surface area contributed by atoms with Crippen molar-refractivity contribution in [2.45, 2.75) is 64.5 Å². The number of hydrogen-bond acceptors (Lipinski definition) is 5. The van der Waals surface area contributed by atoms with Gasteiger partial charge in [0.15, 0.2) is 0 Å². The Morgan fingerprint density at radius 2 is 1.84 bits per heavy atom. The summed E-state index contributed by atoms with van der Waals surface area (Å²) in [6.45, 7) is 7.68. The lowest BCUT2D eigenvalue weighted by molar-refractivity contribution is -0.138. The van der Waals surface area contributed by atoms with Crippen LogP contribution in [-0.4, -0.2) is 45.3 Å². The van der Waals surface area contributed by atoms with Crippen LogP contribution in [0.15, 0.2) is 12.4 Å². The predicted octanol–water partition coefficient (Wildman–Crippen LogP) is 3.66. The van der Waals surface area contributed by atoms with Gasteiger partial charge in [-0.15, -0.1) is 0 Å². The second kappa shape index (κ2) is 7.05. The molecule has 1 amide bonds. The molecule has 6 nitrogen and oxygen atoms in total. The number of halogens is 3. The zero-order chi connectivity index (χ0) is 18.8. The fourth-order valence-corrected chi connectivity index (χ4v) is 2.50. The molecule has 1 fully saturated rings. The number of amides is 1. The first-order valence-electron chi connectivity index (χ1n) is 8.03. The molecule has 0 unspecified atom stereocenters. The molecule has 1 saturated heterocycles. The smallest absolute Gasteiger partial charge is 0.419 e. The lowest BCUT2D eigenvalue weighted by Crippen LogP contribution is -2.52. The van der Waals surface area contributed by atoms with Crippen molar-refractivity contribution in [2.24, 2.45) is 0 Å². The maximum absolute atomic E-state index is 12.5. The van der Waals surface area contributed by atoms with Crippen LogP contribution in [0.25, 0.3) is 0 Å². The van der Waals surface area contributed by atoms with Crippen LogP contribution in [0, 0.1) is 0 Å². The van der Waals surface area contributed by atoms with Crippen molar-refractivity contribution in [1.29, 1.82) is 0 Å². The van der Waals surface area contributed by atoms with Crippen molar-refractivity contribution in [3.63, 3.8) is 0 Å². The topological polar surface area (TPSA) is 64.6 Å². The number of rotatable bonds is 2. The minimum absolute atomic E-state index is 0.143. The van der Waals surface area contributed by atoms with E-state index in [-0.39, 0.29) is 12.1 Å². The quantitative estimate of drug-likeness (QED) is 0.804. The predicted molar refractivity (Wildman–Crippen MR) is 83.1 cm³/mol. The van der Waals surface area contributed by atoms with Crippen LogP contribution >= 0.6 is 0 Å². The second-order valence-electron chi connectivity index (χ2n) is 6.96. The minimum Gasteiger partial charge on any atom is -0.458 e. The first-order chi connectivity index (χ1) is 11.5. The van der Waals surface area contributed by atoms with Gasteiger partial charge in [0.2, 0.25) is 0 Å². The average Bonchev–Trinajstić information content (AvgIpc) is 2.47. The van der Waals surface area contributed by atoms with Crippen molar-refractivity contribution in [3.8, 4) is 6.01 Å². The summed E-state index contributed by atoms with van der Waals surface area (Å²) in [5.74, 6) is 0. The standard InChI is InChI=1S/C16H22F3N3O3/c1-10-12(6-5-7-22(10)14(23)25-15(2,3)4)24-13-20-8-11(9-21-13)16(17,18)19/h8-10,12H,5-7H2,1-4H3/t10-,12+/m0/s1. The monoisotopic (exact) mass is 361 g/mol. The lowest BCUT2D eigenvalue weighted by Gasteiger charge is -2.39. The maximum atomic E-state index is 12.5. The van der Waals surface area contributed by atoms with E-state index < -0.39 is 29.5 Å². The highest BCUT2D eigenvalue weighted by Crippen LogP contribution is 2.29. The number of aromatic nitrogens is 2. The summed E-state index contributed by atoms with van der Waals surface area (Å²) >= 11 is 0. The van der Waals surface area contributed by atoms with Gasteiger partial charge in [-0.2, -0.15) is 13.2 Å². The fourth-order valence-electron chi connectivity index (χ4n) is 2.50. The highest BCUT2D eigenvalue weighted by atomic mass is 19.4. The van der Waals surface area contributed by atoms with Gasteiger partial charge in [-0.05, 0) is 40.5 Å². The maximum Gasteiger partial charge on any atom is 0.419 e. The third-order valence-corrected chi connectivity index (χ3v) is 3.76. The molecule has 9 heteroatoms. The number of alkyl halides is 3. The van der Waals surface area contributed by atoms with Gasteiger partial charge >= 0.3 is 18.3 Å². The molecule has 2 heterocycles. The number of piperidine rings is 1. The van der Waals surface area contributed by atoms with Gasteiger partial charge < -0.3 is 14.4 Å². The molecule has 140 valence electrons. The Labute approximate surface area is 144 Å². The summed E-state index contributed by atoms with van der Waals surface area (Å²) in [5, 5.41) is 0. The molecule has 0 radical (unpaired) electrons. The number of carbonyl (C=O) groups excluding carboxylic acids is 1. The van der Waals surface area contributed by atoms with Crippen LogP contribution in [0.4, 0.5) is 18.0 Å². The van der Waals surface area contributed by atoms with Gasteiger partial charge in [0.25, 0.3) is 0 Å². The van der Waals surface area contributed by atoms with Gasteiger partial charge in [-0.1, -0.05) is 0 Å². The van der Waals surface area contributed by atoms with Crippen molar-refractivity contribution < 1.29 is 27.4 Å². The van der Waals surface area contributed by atoms with Crippen LogP contribution in [0.3, 0.4) is 0 Å². The first-order valence-corrected chi connectivity index (χ1v) is 8.03. The molecule has 0 bridgehead atoms. The Balaban J connectivity index is 2.03. The molecule has 0 saturated carbocycles. The summed E-state index contributed by atoms with van der Waals surface area (Å²) in [4.78, 5) is 21.1. The molecular weight excluding hydrogens is 339 g/mol. The third-order valence-electron chi connectivity index (χ3n) is 3.76. The highest BCUT2D eigenvalue weighted by Gasteiger charge is 2.36. The number of carbonyl (C=O) groups is 1. The Morgan fingerprint density at radius 3 is 2.36 bits per heavy atom. The largest absolute Gasteiger partial charge is 0.458 e. The van der Waals surface area contributed by atoms with Crippen LogP contribution in [-0.2, 0) is 10.9 Å². The van der Waals surface area contributed by atoms with Crippen LogP contribution in [0.1, 0.15) is 46.1 Å². The van der Waals surface area contributed by atoms with E-state index in [0.29, 0.717) is 31.8 Å². The molecule has 0 N–H and O–H groups in total. The molecule has 0 spiro atoms. The number of likely N-dealkylation sites (tertiary alicyclic amines) is 1. The molecule has 1 aromatic rings. The molecule has 1 aliphatic heterocycles. The van der Waals surface area contributed by atoms with Crippen molar-refractivity contribution in [3.05, 3.63) is 18.0 Å². The summed E-state index contributed by atoms with van der Waals surface area (Å²) < 4.78 is 48.6. The lowest BCUT2D eigenvalue weighted by atomic mass is 10.0. The Morgan fingerprint density at radius 1 is 1.24 bits per heavy atom. The molecule has 25 heavy (non-hydrogen) atoms. The van der Waals surface area contributed by atoms with Crippen molar-refractivity contribution >= 4 is 6.09 Å². The minimum atomic E-state index is -4.50. The van der Waals surface area contributed by atoms with E-state index in [2.05, 4.69) is 9.97 Å². The third kappa shape index (κ3) is 5.20. The zero-order valence-corrected chi connectivity index (χ0v) is 14.6. The van der Waals surface area contributed by atoms with E-state index >= 15 is 0 Å². The van der Waals surface area contributed by atoms with E-state index in [0.717, 1.165) is 0 Å².